The van der Waals surface area contributed by atoms with Crippen molar-refractivity contribution in [1.82, 2.24) is 9.66 Å². The number of ether oxygens (including phenoxy) is 3. The van der Waals surface area contributed by atoms with Crippen molar-refractivity contribution in [2.45, 2.75) is 6.92 Å². The molecule has 5 rings (SSSR count). The number of methoxy groups -OCH3 is 1. The van der Waals surface area contributed by atoms with Gasteiger partial charge in [0.1, 0.15) is 5.58 Å². The second-order valence-electron chi connectivity index (χ2n) is 8.08. The molecule has 9 nitrogen and oxygen atoms in total. The number of benzene rings is 3. The summed E-state index contributed by atoms with van der Waals surface area (Å²) in [5.74, 6) is 0.902. The molecule has 10 heteroatoms. The van der Waals surface area contributed by atoms with Crippen molar-refractivity contribution in [3.05, 3.63) is 87.1 Å². The molecule has 0 atom stereocenters. The summed E-state index contributed by atoms with van der Waals surface area (Å²) in [5.41, 5.74) is 1.46. The summed E-state index contributed by atoms with van der Waals surface area (Å²) in [6.45, 7) is 1.72. The van der Waals surface area contributed by atoms with Crippen molar-refractivity contribution >= 4 is 50.0 Å². The number of rotatable bonds is 8. The van der Waals surface area contributed by atoms with E-state index < -0.39 is 5.97 Å². The lowest BCUT2D eigenvalue weighted by molar-refractivity contribution is -0.145. The quantitative estimate of drug-likeness (QED) is 0.180. The van der Waals surface area contributed by atoms with Gasteiger partial charge in [-0.25, -0.2) is 9.78 Å². The van der Waals surface area contributed by atoms with Crippen LogP contribution in [0, 0.1) is 0 Å². The van der Waals surface area contributed by atoms with Crippen LogP contribution in [0.25, 0.3) is 33.5 Å². The summed E-state index contributed by atoms with van der Waals surface area (Å²) in [4.78, 5) is 29.9. The first kappa shape index (κ1) is 25.2. The summed E-state index contributed by atoms with van der Waals surface area (Å²) < 4.78 is 23.7. The molecule has 0 saturated carbocycles. The van der Waals surface area contributed by atoms with Crippen LogP contribution in [-0.2, 0) is 9.53 Å². The number of nitrogens with zero attached hydrogens (tertiary/aromatic N) is 3. The molecule has 0 amide bonds. The van der Waals surface area contributed by atoms with E-state index in [1.165, 1.54) is 18.0 Å². The molecule has 0 radical (unpaired) electrons. The van der Waals surface area contributed by atoms with Crippen molar-refractivity contribution in [1.29, 1.82) is 0 Å². The molecule has 0 unspecified atom stereocenters. The van der Waals surface area contributed by atoms with Gasteiger partial charge < -0.3 is 18.6 Å². The SMILES string of the molecule is CCOC(=O)COc1cc(Br)c(C=Nn2c(-c3cc4ccccc4o3)nc3ccccc3c2=O)cc1OC. The maximum absolute atomic E-state index is 13.5. The summed E-state index contributed by atoms with van der Waals surface area (Å²) in [7, 11) is 1.48. The molecule has 0 spiro atoms. The van der Waals surface area contributed by atoms with E-state index in [2.05, 4.69) is 21.0 Å². The minimum atomic E-state index is -0.488. The average Bonchev–Trinajstić information content (AvgIpc) is 3.36. The van der Waals surface area contributed by atoms with E-state index in [1.54, 1.807) is 37.3 Å². The van der Waals surface area contributed by atoms with Crippen LogP contribution in [0.3, 0.4) is 0 Å². The second kappa shape index (κ2) is 10.9. The predicted octanol–water partition coefficient (Wildman–Crippen LogP) is 5.40. The van der Waals surface area contributed by atoms with Gasteiger partial charge in [0, 0.05) is 15.4 Å². The highest BCUT2D eigenvalue weighted by Crippen LogP contribution is 2.33. The van der Waals surface area contributed by atoms with Gasteiger partial charge in [-0.2, -0.15) is 9.78 Å². The predicted molar refractivity (Wildman–Crippen MR) is 147 cm³/mol. The van der Waals surface area contributed by atoms with Gasteiger partial charge in [-0.05, 0) is 59.3 Å². The number of carbonyl (C=O) groups excluding carboxylic acids is 1. The van der Waals surface area contributed by atoms with Crippen LogP contribution in [0.2, 0.25) is 0 Å². The highest BCUT2D eigenvalue weighted by atomic mass is 79.9. The van der Waals surface area contributed by atoms with E-state index in [1.807, 2.05) is 36.4 Å². The first-order chi connectivity index (χ1) is 18.5. The molecule has 0 N–H and O–H groups in total. The fourth-order valence-corrected chi connectivity index (χ4v) is 4.29. The lowest BCUT2D eigenvalue weighted by Gasteiger charge is -2.12. The topological polar surface area (TPSA) is 105 Å². The zero-order chi connectivity index (χ0) is 26.6. The van der Waals surface area contributed by atoms with Crippen LogP contribution >= 0.6 is 15.9 Å². The first-order valence-corrected chi connectivity index (χ1v) is 12.5. The number of aromatic nitrogens is 2. The van der Waals surface area contributed by atoms with Crippen molar-refractivity contribution in [3.63, 3.8) is 0 Å². The number of furan rings is 1. The smallest absolute Gasteiger partial charge is 0.344 e. The van der Waals surface area contributed by atoms with E-state index in [0.29, 0.717) is 43.8 Å². The lowest BCUT2D eigenvalue weighted by atomic mass is 10.2. The zero-order valence-electron chi connectivity index (χ0n) is 20.5. The van der Waals surface area contributed by atoms with E-state index in [9.17, 15) is 9.59 Å². The average molecular weight is 576 g/mol. The van der Waals surface area contributed by atoms with Gasteiger partial charge in [-0.3, -0.25) is 4.79 Å². The molecule has 0 saturated heterocycles. The van der Waals surface area contributed by atoms with Crippen LogP contribution in [0.4, 0.5) is 0 Å². The van der Waals surface area contributed by atoms with Crippen LogP contribution in [-0.4, -0.2) is 42.2 Å². The molecule has 38 heavy (non-hydrogen) atoms. The third-order valence-corrected chi connectivity index (χ3v) is 6.33. The maximum Gasteiger partial charge on any atom is 0.344 e. The highest BCUT2D eigenvalue weighted by molar-refractivity contribution is 9.10. The molecule has 192 valence electrons. The maximum atomic E-state index is 13.5. The Kier molecular flexibility index (Phi) is 7.23. The van der Waals surface area contributed by atoms with Gasteiger partial charge in [0.2, 0.25) is 5.82 Å². The molecule has 0 aliphatic carbocycles. The molecule has 2 heterocycles. The fourth-order valence-electron chi connectivity index (χ4n) is 3.86. The Morgan fingerprint density at radius 2 is 1.89 bits per heavy atom. The molecule has 0 aliphatic rings. The molecular weight excluding hydrogens is 554 g/mol. The summed E-state index contributed by atoms with van der Waals surface area (Å²) in [6, 6.07) is 19.8. The number of hydrogen-bond acceptors (Lipinski definition) is 8. The van der Waals surface area contributed by atoms with Gasteiger partial charge in [0.25, 0.3) is 5.56 Å². The second-order valence-corrected chi connectivity index (χ2v) is 8.94. The van der Waals surface area contributed by atoms with E-state index in [-0.39, 0.29) is 24.6 Å². The van der Waals surface area contributed by atoms with Gasteiger partial charge >= 0.3 is 5.97 Å². The van der Waals surface area contributed by atoms with E-state index >= 15 is 0 Å². The van der Waals surface area contributed by atoms with E-state index in [0.717, 1.165) is 5.39 Å². The number of carbonyl (C=O) groups is 1. The van der Waals surface area contributed by atoms with Crippen LogP contribution in [0.15, 0.2) is 85.5 Å². The van der Waals surface area contributed by atoms with Crippen molar-refractivity contribution in [2.75, 3.05) is 20.3 Å². The molecule has 0 fully saturated rings. The molecule has 2 aromatic heterocycles. The van der Waals surface area contributed by atoms with Crippen LogP contribution in [0.1, 0.15) is 12.5 Å². The first-order valence-electron chi connectivity index (χ1n) is 11.7. The van der Waals surface area contributed by atoms with Gasteiger partial charge in [-0.1, -0.05) is 30.3 Å². The van der Waals surface area contributed by atoms with Crippen molar-refractivity contribution < 1.29 is 23.4 Å². The number of hydrogen-bond donors (Lipinski definition) is 0. The third-order valence-electron chi connectivity index (χ3n) is 5.65. The Labute approximate surface area is 225 Å². The van der Waals surface area contributed by atoms with Crippen molar-refractivity contribution in [3.8, 4) is 23.1 Å². The number of halogens is 1. The molecular formula is C28H22BrN3O6. The molecule has 5 aromatic rings. The summed E-state index contributed by atoms with van der Waals surface area (Å²) in [5, 5.41) is 5.79. The van der Waals surface area contributed by atoms with Gasteiger partial charge in [0.05, 0.1) is 30.8 Å². The molecule has 0 bridgehead atoms. The Balaban J connectivity index is 1.57. The minimum Gasteiger partial charge on any atom is -0.493 e. The minimum absolute atomic E-state index is 0.261. The number of para-hydroxylation sites is 2. The Morgan fingerprint density at radius 1 is 1.11 bits per heavy atom. The zero-order valence-corrected chi connectivity index (χ0v) is 22.1. The fraction of sp³-hybridized carbons (Fsp3) is 0.143. The summed E-state index contributed by atoms with van der Waals surface area (Å²) >= 11 is 3.50. The monoisotopic (exact) mass is 575 g/mol. The largest absolute Gasteiger partial charge is 0.493 e. The van der Waals surface area contributed by atoms with Crippen molar-refractivity contribution in [2.24, 2.45) is 5.10 Å². The highest BCUT2D eigenvalue weighted by Gasteiger charge is 2.17. The number of esters is 1. The molecule has 3 aromatic carbocycles. The number of fused-ring (bicyclic) bond motifs is 2. The normalized spacial score (nSPS) is 11.3. The van der Waals surface area contributed by atoms with Gasteiger partial charge in [0.15, 0.2) is 23.9 Å². The van der Waals surface area contributed by atoms with E-state index in [4.69, 9.17) is 23.6 Å². The van der Waals surface area contributed by atoms with Gasteiger partial charge in [-0.15, -0.1) is 0 Å². The van der Waals surface area contributed by atoms with Crippen LogP contribution < -0.4 is 15.0 Å². The lowest BCUT2D eigenvalue weighted by Crippen LogP contribution is -2.20. The van der Waals surface area contributed by atoms with Crippen LogP contribution in [0.5, 0.6) is 11.5 Å². The Morgan fingerprint density at radius 3 is 2.68 bits per heavy atom. The summed E-state index contributed by atoms with van der Waals surface area (Å²) in [6.07, 6.45) is 1.51. The standard InChI is InChI=1S/C28H22BrN3O6/c1-3-36-26(33)16-37-24-14-20(29)18(13-23(24)35-2)15-30-32-27(25-12-17-8-4-7-11-22(17)38-25)31-21-10-6-5-9-19(21)28(32)34/h4-15H,3,16H2,1-2H3. The Bertz CT molecular complexity index is 1710. The Hall–Kier alpha value is -4.44. The third kappa shape index (κ3) is 5.03. The molecule has 0 aliphatic heterocycles.